The number of rotatable bonds is 1. The highest BCUT2D eigenvalue weighted by Crippen LogP contribution is 2.60. The number of hydrogen-bond acceptors (Lipinski definition) is 5. The van der Waals surface area contributed by atoms with Crippen molar-refractivity contribution in [3.05, 3.63) is 54.6 Å². The molecule has 0 spiro atoms. The molecule has 0 aromatic heterocycles. The lowest BCUT2D eigenvalue weighted by molar-refractivity contribution is -0.143. The first-order valence-corrected chi connectivity index (χ1v) is 12.7. The van der Waals surface area contributed by atoms with Gasteiger partial charge in [0.1, 0.15) is 11.9 Å². The summed E-state index contributed by atoms with van der Waals surface area (Å²) in [6, 6.07) is 7.75. The number of epoxide rings is 1. The lowest BCUT2D eigenvalue weighted by Gasteiger charge is -2.38. The minimum Gasteiger partial charge on any atom is -0.490 e. The maximum absolute atomic E-state index is 14.3. The summed E-state index contributed by atoms with van der Waals surface area (Å²) in [5.41, 5.74) is -2.37. The number of ketones is 1. The zero-order valence-corrected chi connectivity index (χ0v) is 19.4. The number of hydrogen-bond donors (Lipinski definition) is 2. The quantitative estimate of drug-likeness (QED) is 0.382. The molecule has 8 rings (SSSR count). The van der Waals surface area contributed by atoms with Crippen LogP contribution in [0.3, 0.4) is 0 Å². The molecule has 2 saturated carbocycles. The van der Waals surface area contributed by atoms with Gasteiger partial charge < -0.3 is 19.9 Å². The van der Waals surface area contributed by atoms with E-state index in [1.165, 1.54) is 0 Å². The molecule has 4 fully saturated rings. The molecule has 2 N–H and O–H groups in total. The summed E-state index contributed by atoms with van der Waals surface area (Å²) in [6.45, 7) is 6.35. The zero-order valence-electron chi connectivity index (χ0n) is 19.4. The van der Waals surface area contributed by atoms with E-state index in [4.69, 9.17) is 9.47 Å². The van der Waals surface area contributed by atoms with Gasteiger partial charge in [0.05, 0.1) is 0 Å². The van der Waals surface area contributed by atoms with Crippen LogP contribution in [0.5, 0.6) is 5.75 Å². The fourth-order valence-electron chi connectivity index (χ4n) is 8.13. The average Bonchev–Trinajstić information content (AvgIpc) is 3.48. The van der Waals surface area contributed by atoms with Crippen LogP contribution in [0.15, 0.2) is 49.1 Å². The molecule has 6 heteroatoms. The van der Waals surface area contributed by atoms with Crippen LogP contribution in [-0.2, 0) is 20.7 Å². The van der Waals surface area contributed by atoms with Crippen molar-refractivity contribution in [2.75, 3.05) is 0 Å². The minimum atomic E-state index is -1.62. The van der Waals surface area contributed by atoms with Crippen molar-refractivity contribution in [3.63, 3.8) is 0 Å². The van der Waals surface area contributed by atoms with Gasteiger partial charge in [-0.2, -0.15) is 0 Å². The number of benzene rings is 1. The highest BCUT2D eigenvalue weighted by molar-refractivity contribution is 6.16. The van der Waals surface area contributed by atoms with Crippen LogP contribution in [0.4, 0.5) is 0 Å². The number of ether oxygens (including phenoxy) is 2. The SMILES string of the molecule is C=C[C@H]1C=C[C@@H]2C3[C@@H](Oc4ccc(cc4)C[C@]4(O)NC(=O)C5(OC54)C(=O)[C@H]31)[C@@H]1CC[C@@H](C)C[C@H]12. The molecule has 7 aliphatic rings. The van der Waals surface area contributed by atoms with E-state index < -0.39 is 29.3 Å². The summed E-state index contributed by atoms with van der Waals surface area (Å²) >= 11 is 0. The maximum Gasteiger partial charge on any atom is 0.265 e. The summed E-state index contributed by atoms with van der Waals surface area (Å²) in [6.07, 6.45) is 8.76. The van der Waals surface area contributed by atoms with Gasteiger partial charge in [0, 0.05) is 24.2 Å². The molecule has 4 bridgehead atoms. The third kappa shape index (κ3) is 2.59. The van der Waals surface area contributed by atoms with Crippen LogP contribution in [-0.4, -0.2) is 40.3 Å². The molecular weight excluding hydrogens is 430 g/mol. The molecular formula is C28H31NO5. The Morgan fingerprint density at radius 3 is 2.68 bits per heavy atom. The normalized spacial score (nSPS) is 50.0. The van der Waals surface area contributed by atoms with Crippen molar-refractivity contribution in [3.8, 4) is 5.75 Å². The van der Waals surface area contributed by atoms with E-state index in [-0.39, 0.29) is 36.1 Å². The first-order chi connectivity index (χ1) is 16.4. The fraction of sp³-hybridized carbons (Fsp3) is 0.571. The Hall–Kier alpha value is -2.44. The predicted molar refractivity (Wildman–Crippen MR) is 124 cm³/mol. The standard InChI is InChI=1S/C28H31NO5/c1-3-16-7-11-18-20-12-14(2)4-10-19(20)23-22(18)21(16)24(30)28-25(34-28)27(32,29-26(28)31)13-15-5-8-17(33-23)9-6-15/h3,5-9,11,14,16,18-23,25,32H,1,4,10,12-13H2,2H3,(H,29,31)/t14-,16+,18+,19-,20+,21+,22?,23+,25?,27-,28?/m1/s1. The van der Waals surface area contributed by atoms with Crippen LogP contribution in [0.1, 0.15) is 31.7 Å². The molecule has 2 saturated heterocycles. The summed E-state index contributed by atoms with van der Waals surface area (Å²) < 4.78 is 12.6. The highest BCUT2D eigenvalue weighted by atomic mass is 16.6. The Morgan fingerprint density at radius 1 is 1.15 bits per heavy atom. The van der Waals surface area contributed by atoms with Gasteiger partial charge in [-0.1, -0.05) is 43.7 Å². The largest absolute Gasteiger partial charge is 0.490 e. The number of morpholine rings is 1. The molecule has 0 radical (unpaired) electrons. The molecule has 178 valence electrons. The van der Waals surface area contributed by atoms with Crippen LogP contribution >= 0.6 is 0 Å². The van der Waals surface area contributed by atoms with Crippen molar-refractivity contribution < 1.29 is 24.2 Å². The maximum atomic E-state index is 14.3. The number of aliphatic hydroxyl groups is 1. The van der Waals surface area contributed by atoms with Crippen LogP contribution in [0.25, 0.3) is 0 Å². The van der Waals surface area contributed by atoms with Crippen molar-refractivity contribution in [2.45, 2.75) is 56.1 Å². The monoisotopic (exact) mass is 461 g/mol. The highest BCUT2D eigenvalue weighted by Gasteiger charge is 2.81. The average molecular weight is 462 g/mol. The lowest BCUT2D eigenvalue weighted by Crippen LogP contribution is -2.51. The molecule has 4 aliphatic heterocycles. The number of amides is 1. The van der Waals surface area contributed by atoms with Crippen molar-refractivity contribution in [1.82, 2.24) is 5.32 Å². The third-order valence-electron chi connectivity index (χ3n) is 9.67. The second-order valence-electron chi connectivity index (χ2n) is 11.5. The number of carbonyl (C=O) groups excluding carboxylic acids is 2. The Balaban J connectivity index is 1.40. The van der Waals surface area contributed by atoms with Crippen molar-refractivity contribution in [2.24, 2.45) is 41.4 Å². The molecule has 1 aromatic rings. The van der Waals surface area contributed by atoms with E-state index >= 15 is 0 Å². The van der Waals surface area contributed by atoms with Crippen LogP contribution < -0.4 is 10.1 Å². The van der Waals surface area contributed by atoms with E-state index in [2.05, 4.69) is 31.0 Å². The third-order valence-corrected chi connectivity index (χ3v) is 9.67. The van der Waals surface area contributed by atoms with Crippen LogP contribution in [0.2, 0.25) is 0 Å². The van der Waals surface area contributed by atoms with E-state index in [1.54, 1.807) is 0 Å². The van der Waals surface area contributed by atoms with Gasteiger partial charge in [-0.3, -0.25) is 9.59 Å². The predicted octanol–water partition coefficient (Wildman–Crippen LogP) is 2.80. The molecule has 1 aromatic carbocycles. The first kappa shape index (κ1) is 20.9. The zero-order chi connectivity index (χ0) is 23.4. The van der Waals surface area contributed by atoms with Gasteiger partial charge in [0.2, 0.25) is 5.60 Å². The van der Waals surface area contributed by atoms with Gasteiger partial charge in [0.15, 0.2) is 17.6 Å². The number of Topliss-reactive ketones (excluding diaryl/α,β-unsaturated/α-hetero) is 1. The Bertz CT molecular complexity index is 1110. The Labute approximate surface area is 199 Å². The Morgan fingerprint density at radius 2 is 1.94 bits per heavy atom. The minimum absolute atomic E-state index is 0.0676. The Kier molecular flexibility index (Phi) is 4.19. The van der Waals surface area contributed by atoms with Crippen molar-refractivity contribution >= 4 is 11.7 Å². The lowest BCUT2D eigenvalue weighted by atomic mass is 9.65. The molecule has 11 atom stereocenters. The molecule has 1 amide bonds. The summed E-state index contributed by atoms with van der Waals surface area (Å²) in [5, 5.41) is 14.1. The molecule has 3 unspecified atom stereocenters. The topological polar surface area (TPSA) is 88.2 Å². The van der Waals surface area contributed by atoms with E-state index in [9.17, 15) is 14.7 Å². The second-order valence-corrected chi connectivity index (χ2v) is 11.5. The van der Waals surface area contributed by atoms with Gasteiger partial charge in [0.25, 0.3) is 5.91 Å². The molecule has 6 nitrogen and oxygen atoms in total. The van der Waals surface area contributed by atoms with E-state index in [0.717, 1.165) is 30.6 Å². The summed E-state index contributed by atoms with van der Waals surface area (Å²) in [7, 11) is 0. The van der Waals surface area contributed by atoms with Crippen molar-refractivity contribution in [1.29, 1.82) is 0 Å². The summed E-state index contributed by atoms with van der Waals surface area (Å²) in [4.78, 5) is 27.5. The summed E-state index contributed by atoms with van der Waals surface area (Å²) in [5.74, 6) is 0.977. The van der Waals surface area contributed by atoms with Crippen LogP contribution in [0, 0.1) is 41.4 Å². The van der Waals surface area contributed by atoms with Gasteiger partial charge >= 0.3 is 0 Å². The molecule has 4 heterocycles. The van der Waals surface area contributed by atoms with Gasteiger partial charge in [-0.15, -0.1) is 6.58 Å². The van der Waals surface area contributed by atoms with Gasteiger partial charge in [-0.25, -0.2) is 0 Å². The first-order valence-electron chi connectivity index (χ1n) is 12.7. The number of fused-ring (bicyclic) bond motifs is 4. The second kappa shape index (κ2) is 6.82. The fourth-order valence-corrected chi connectivity index (χ4v) is 8.13. The smallest absolute Gasteiger partial charge is 0.265 e. The van der Waals surface area contributed by atoms with E-state index in [1.807, 2.05) is 30.3 Å². The van der Waals surface area contributed by atoms with Gasteiger partial charge in [-0.05, 0) is 54.2 Å². The van der Waals surface area contributed by atoms with E-state index in [0.29, 0.717) is 17.8 Å². The number of allylic oxidation sites excluding steroid dienone is 3. The molecule has 34 heavy (non-hydrogen) atoms. The number of nitrogens with one attached hydrogen (secondary N) is 1. The number of carbonyl (C=O) groups is 2. The molecule has 3 aliphatic carbocycles.